The molecule has 1 fully saturated rings. The zero-order chi connectivity index (χ0) is 24.0. The van der Waals surface area contributed by atoms with Crippen LogP contribution < -0.4 is 10.2 Å². The van der Waals surface area contributed by atoms with E-state index in [1.54, 1.807) is 28.0 Å². The van der Waals surface area contributed by atoms with Crippen molar-refractivity contribution >= 4 is 35.1 Å². The molecule has 0 saturated carbocycles. The van der Waals surface area contributed by atoms with E-state index >= 15 is 0 Å². The first-order valence-corrected chi connectivity index (χ1v) is 12.3. The quantitative estimate of drug-likeness (QED) is 0.526. The lowest BCUT2D eigenvalue weighted by Crippen LogP contribution is -2.51. The second-order valence-corrected chi connectivity index (χ2v) is 10.2. The molecule has 0 aliphatic carbocycles. The van der Waals surface area contributed by atoms with Gasteiger partial charge in [-0.25, -0.2) is 9.18 Å². The highest BCUT2D eigenvalue weighted by Crippen LogP contribution is 2.54. The molecule has 1 N–H and O–H groups in total. The fraction of sp³-hybridized carbons (Fsp3) is 0.259. The largest absolute Gasteiger partial charge is 0.323 e. The molecule has 174 valence electrons. The zero-order valence-electron chi connectivity index (χ0n) is 19.4. The Labute approximate surface area is 202 Å². The van der Waals surface area contributed by atoms with Gasteiger partial charge < -0.3 is 10.2 Å². The summed E-state index contributed by atoms with van der Waals surface area (Å²) in [5.41, 5.74) is 5.86. The molecule has 1 unspecified atom stereocenters. The summed E-state index contributed by atoms with van der Waals surface area (Å²) in [5.74, 6) is 0.0647. The molecule has 3 aromatic carbocycles. The highest BCUT2D eigenvalue weighted by atomic mass is 32.2. The van der Waals surface area contributed by atoms with E-state index in [2.05, 4.69) is 5.32 Å². The molecule has 0 aromatic heterocycles. The van der Waals surface area contributed by atoms with Gasteiger partial charge in [0.15, 0.2) is 4.87 Å². The Morgan fingerprint density at radius 2 is 1.85 bits per heavy atom. The van der Waals surface area contributed by atoms with E-state index in [1.807, 2.05) is 57.2 Å². The summed E-state index contributed by atoms with van der Waals surface area (Å²) >= 11 is 1.46. The third-order valence-electron chi connectivity index (χ3n) is 6.64. The van der Waals surface area contributed by atoms with E-state index in [-0.39, 0.29) is 24.3 Å². The van der Waals surface area contributed by atoms with E-state index in [4.69, 9.17) is 0 Å². The van der Waals surface area contributed by atoms with Gasteiger partial charge in [-0.1, -0.05) is 42.0 Å². The molecule has 0 radical (unpaired) electrons. The number of nitrogens with one attached hydrogen (secondary N) is 1. The topological polar surface area (TPSA) is 52.7 Å². The maximum atomic E-state index is 14.5. The van der Waals surface area contributed by atoms with Crippen LogP contribution in [0.25, 0.3) is 0 Å². The lowest BCUT2D eigenvalue weighted by Gasteiger charge is -2.33. The maximum Gasteiger partial charge on any atom is 0.323 e. The number of carbonyl (C=O) groups excluding carboxylic acids is 2. The van der Waals surface area contributed by atoms with Gasteiger partial charge in [0.1, 0.15) is 5.82 Å². The SMILES string of the molecule is Cc1ccc2c(c1)C1(SCCN1C(=O)Nc1ccc(C)c(C)c1)C(=O)N2Cc1ccccc1F. The third kappa shape index (κ3) is 3.55. The number of hydrogen-bond donors (Lipinski definition) is 1. The molecule has 3 amide bonds. The van der Waals surface area contributed by atoms with Crippen LogP contribution >= 0.6 is 11.8 Å². The van der Waals surface area contributed by atoms with Gasteiger partial charge >= 0.3 is 6.03 Å². The van der Waals surface area contributed by atoms with Crippen molar-refractivity contribution in [3.63, 3.8) is 0 Å². The minimum atomic E-state index is -1.17. The van der Waals surface area contributed by atoms with Gasteiger partial charge in [-0.15, -0.1) is 11.8 Å². The lowest BCUT2D eigenvalue weighted by atomic mass is 10.0. The van der Waals surface area contributed by atoms with Crippen LogP contribution in [0.2, 0.25) is 0 Å². The predicted octanol–water partition coefficient (Wildman–Crippen LogP) is 5.73. The molecule has 5 rings (SSSR count). The van der Waals surface area contributed by atoms with Crippen molar-refractivity contribution in [2.24, 2.45) is 0 Å². The van der Waals surface area contributed by atoms with Gasteiger partial charge in [0, 0.05) is 29.1 Å². The summed E-state index contributed by atoms with van der Waals surface area (Å²) in [6.45, 7) is 6.54. The standard InChI is InChI=1S/C27H26FN3O2S/c1-17-8-11-24-22(14-17)27(25(32)30(24)16-20-6-4-5-7-23(20)28)31(12-13-34-27)26(33)29-21-10-9-18(2)19(3)15-21/h4-11,14-15H,12-13,16H2,1-3H3,(H,29,33). The van der Waals surface area contributed by atoms with Gasteiger partial charge in [0.05, 0.1) is 12.2 Å². The fourth-order valence-corrected chi connectivity index (χ4v) is 6.15. The number of anilines is 2. The highest BCUT2D eigenvalue weighted by Gasteiger charge is 2.59. The van der Waals surface area contributed by atoms with Crippen molar-refractivity contribution in [2.75, 3.05) is 22.5 Å². The van der Waals surface area contributed by atoms with Crippen molar-refractivity contribution < 1.29 is 14.0 Å². The molecule has 0 bridgehead atoms. The summed E-state index contributed by atoms with van der Waals surface area (Å²) in [7, 11) is 0. The summed E-state index contributed by atoms with van der Waals surface area (Å²) < 4.78 is 14.5. The van der Waals surface area contributed by atoms with Gasteiger partial charge in [0.25, 0.3) is 5.91 Å². The van der Waals surface area contributed by atoms with E-state index in [0.29, 0.717) is 23.5 Å². The Bertz CT molecular complexity index is 1310. The normalized spacial score (nSPS) is 19.1. The van der Waals surface area contributed by atoms with Gasteiger partial charge in [-0.3, -0.25) is 9.69 Å². The number of amides is 3. The van der Waals surface area contributed by atoms with Crippen LogP contribution in [-0.2, 0) is 16.2 Å². The van der Waals surface area contributed by atoms with Crippen molar-refractivity contribution in [1.29, 1.82) is 0 Å². The minimum Gasteiger partial charge on any atom is -0.308 e. The summed E-state index contributed by atoms with van der Waals surface area (Å²) in [6.07, 6.45) is 0. The molecule has 5 nitrogen and oxygen atoms in total. The fourth-order valence-electron chi connectivity index (χ4n) is 4.69. The number of thioether (sulfide) groups is 1. The number of hydrogen-bond acceptors (Lipinski definition) is 3. The number of urea groups is 1. The molecule has 1 spiro atoms. The maximum absolute atomic E-state index is 14.5. The monoisotopic (exact) mass is 475 g/mol. The Morgan fingerprint density at radius 1 is 1.06 bits per heavy atom. The van der Waals surface area contributed by atoms with E-state index in [0.717, 1.165) is 27.9 Å². The van der Waals surface area contributed by atoms with Gasteiger partial charge in [0.2, 0.25) is 0 Å². The Kier molecular flexibility index (Phi) is 5.60. The lowest BCUT2D eigenvalue weighted by molar-refractivity contribution is -0.123. The summed E-state index contributed by atoms with van der Waals surface area (Å²) in [6, 6.07) is 17.8. The first-order valence-electron chi connectivity index (χ1n) is 11.3. The molecular weight excluding hydrogens is 449 g/mol. The molecule has 7 heteroatoms. The first-order chi connectivity index (χ1) is 16.3. The van der Waals surface area contributed by atoms with Crippen molar-refractivity contribution in [2.45, 2.75) is 32.2 Å². The van der Waals surface area contributed by atoms with Crippen LogP contribution in [0.4, 0.5) is 20.6 Å². The van der Waals surface area contributed by atoms with E-state index in [9.17, 15) is 14.0 Å². The average Bonchev–Trinajstić information content (AvgIpc) is 3.35. The molecule has 2 aliphatic rings. The smallest absolute Gasteiger partial charge is 0.308 e. The zero-order valence-corrected chi connectivity index (χ0v) is 20.2. The second kappa shape index (κ2) is 8.47. The Hall–Kier alpha value is -3.32. The second-order valence-electron chi connectivity index (χ2n) is 8.88. The van der Waals surface area contributed by atoms with Crippen LogP contribution in [0.5, 0.6) is 0 Å². The van der Waals surface area contributed by atoms with Crippen LogP contribution in [0.15, 0.2) is 60.7 Å². The Balaban J connectivity index is 1.53. The van der Waals surface area contributed by atoms with Crippen molar-refractivity contribution in [1.82, 2.24) is 4.90 Å². The molecular formula is C27H26FN3O2S. The summed E-state index contributed by atoms with van der Waals surface area (Å²) in [4.78, 5) is 29.6. The first kappa shape index (κ1) is 22.5. The van der Waals surface area contributed by atoms with Crippen LogP contribution in [0.1, 0.15) is 27.8 Å². The molecule has 34 heavy (non-hydrogen) atoms. The van der Waals surface area contributed by atoms with E-state index in [1.165, 1.54) is 17.8 Å². The van der Waals surface area contributed by atoms with Crippen LogP contribution in [-0.4, -0.2) is 29.1 Å². The molecule has 2 heterocycles. The number of rotatable bonds is 3. The van der Waals surface area contributed by atoms with Gasteiger partial charge in [-0.2, -0.15) is 0 Å². The Morgan fingerprint density at radius 3 is 2.62 bits per heavy atom. The predicted molar refractivity (Wildman–Crippen MR) is 135 cm³/mol. The molecule has 1 atom stereocenters. The van der Waals surface area contributed by atoms with Gasteiger partial charge in [-0.05, 0) is 56.2 Å². The average molecular weight is 476 g/mol. The number of fused-ring (bicyclic) bond motifs is 2. The minimum absolute atomic E-state index is 0.108. The van der Waals surface area contributed by atoms with Crippen LogP contribution in [0, 0.1) is 26.6 Å². The molecule has 2 aliphatic heterocycles. The van der Waals surface area contributed by atoms with Crippen LogP contribution in [0.3, 0.4) is 0 Å². The van der Waals surface area contributed by atoms with Crippen molar-refractivity contribution in [3.05, 3.63) is 94.3 Å². The number of carbonyl (C=O) groups is 2. The number of benzene rings is 3. The number of nitrogens with zero attached hydrogens (tertiary/aromatic N) is 2. The molecule has 3 aromatic rings. The third-order valence-corrected chi connectivity index (χ3v) is 8.06. The number of halogens is 1. The number of aryl methyl sites for hydroxylation is 3. The van der Waals surface area contributed by atoms with Crippen molar-refractivity contribution in [3.8, 4) is 0 Å². The highest BCUT2D eigenvalue weighted by molar-refractivity contribution is 8.01. The van der Waals surface area contributed by atoms with E-state index < -0.39 is 4.87 Å². The summed E-state index contributed by atoms with van der Waals surface area (Å²) in [5, 5.41) is 2.99. The molecule has 1 saturated heterocycles.